The number of nitrogen functional groups attached to an aromatic ring is 2. The van der Waals surface area contributed by atoms with Gasteiger partial charge in [0.1, 0.15) is 23.2 Å². The molecule has 2 heterocycles. The number of fused-ring (bicyclic) bond motifs is 1. The summed E-state index contributed by atoms with van der Waals surface area (Å²) in [4.78, 5) is 13.2. The molecular formula is C19H18N6OS. The molecule has 4 rings (SSSR count). The van der Waals surface area contributed by atoms with Gasteiger partial charge >= 0.3 is 0 Å². The first-order valence-corrected chi connectivity index (χ1v) is 9.26. The quantitative estimate of drug-likeness (QED) is 0.405. The topological polar surface area (TPSA) is 105 Å². The summed E-state index contributed by atoms with van der Waals surface area (Å²) in [6.07, 6.45) is 0. The second-order valence-corrected chi connectivity index (χ2v) is 6.78. The van der Waals surface area contributed by atoms with Crippen molar-refractivity contribution < 1.29 is 4.74 Å². The lowest BCUT2D eigenvalue weighted by Crippen LogP contribution is -2.02. The molecule has 0 amide bonds. The number of nitrogens with two attached hydrogens (primary N) is 2. The SMILES string of the molecule is COc1ccc(-n2c(CSc3nc(N)cc(N)n3)nc3ccccc32)cc1. The Kier molecular flexibility index (Phi) is 4.55. The average Bonchev–Trinajstić information content (AvgIpc) is 3.04. The van der Waals surface area contributed by atoms with Crippen molar-refractivity contribution in [3.8, 4) is 11.4 Å². The zero-order valence-electron chi connectivity index (χ0n) is 14.7. The molecule has 0 bridgehead atoms. The Bertz CT molecular complexity index is 1070. The fraction of sp³-hybridized carbons (Fsp3) is 0.105. The van der Waals surface area contributed by atoms with Gasteiger partial charge in [-0.05, 0) is 36.4 Å². The van der Waals surface area contributed by atoms with Gasteiger partial charge in [-0.3, -0.25) is 4.57 Å². The van der Waals surface area contributed by atoms with Gasteiger partial charge in [0.15, 0.2) is 5.16 Å². The summed E-state index contributed by atoms with van der Waals surface area (Å²) in [7, 11) is 1.65. The number of methoxy groups -OCH3 is 1. The summed E-state index contributed by atoms with van der Waals surface area (Å²) in [5.74, 6) is 2.98. The van der Waals surface area contributed by atoms with Crippen molar-refractivity contribution >= 4 is 34.4 Å². The van der Waals surface area contributed by atoms with E-state index in [9.17, 15) is 0 Å². The van der Waals surface area contributed by atoms with Gasteiger partial charge in [0.2, 0.25) is 0 Å². The first-order chi connectivity index (χ1) is 13.1. The maximum Gasteiger partial charge on any atom is 0.191 e. The van der Waals surface area contributed by atoms with E-state index < -0.39 is 0 Å². The highest BCUT2D eigenvalue weighted by Crippen LogP contribution is 2.27. The van der Waals surface area contributed by atoms with Crippen molar-refractivity contribution in [1.82, 2.24) is 19.5 Å². The van der Waals surface area contributed by atoms with E-state index in [0.29, 0.717) is 22.5 Å². The highest BCUT2D eigenvalue weighted by Gasteiger charge is 2.14. The van der Waals surface area contributed by atoms with E-state index >= 15 is 0 Å². The summed E-state index contributed by atoms with van der Waals surface area (Å²) in [5, 5.41) is 0.529. The molecule has 136 valence electrons. The molecule has 0 radical (unpaired) electrons. The Morgan fingerprint density at radius 2 is 1.67 bits per heavy atom. The largest absolute Gasteiger partial charge is 0.497 e. The average molecular weight is 378 g/mol. The molecule has 8 heteroatoms. The Morgan fingerprint density at radius 1 is 0.963 bits per heavy atom. The molecule has 0 saturated heterocycles. The molecule has 4 aromatic rings. The first-order valence-electron chi connectivity index (χ1n) is 8.27. The zero-order chi connectivity index (χ0) is 18.8. The van der Waals surface area contributed by atoms with Gasteiger partial charge < -0.3 is 16.2 Å². The molecule has 0 saturated carbocycles. The van der Waals surface area contributed by atoms with Crippen LogP contribution in [-0.4, -0.2) is 26.6 Å². The number of nitrogens with zero attached hydrogens (tertiary/aromatic N) is 4. The predicted octanol–water partition coefficient (Wildman–Crippen LogP) is 3.28. The van der Waals surface area contributed by atoms with Crippen LogP contribution < -0.4 is 16.2 Å². The number of benzene rings is 2. The van der Waals surface area contributed by atoms with Gasteiger partial charge in [-0.25, -0.2) is 15.0 Å². The summed E-state index contributed by atoms with van der Waals surface area (Å²) < 4.78 is 7.39. The molecule has 0 unspecified atom stereocenters. The lowest BCUT2D eigenvalue weighted by atomic mass is 10.2. The third-order valence-electron chi connectivity index (χ3n) is 4.04. The van der Waals surface area contributed by atoms with Gasteiger partial charge in [0.05, 0.1) is 23.9 Å². The lowest BCUT2D eigenvalue weighted by molar-refractivity contribution is 0.414. The predicted molar refractivity (Wildman–Crippen MR) is 108 cm³/mol. The van der Waals surface area contributed by atoms with Gasteiger partial charge in [-0.2, -0.15) is 0 Å². The Hall–Kier alpha value is -3.26. The molecular weight excluding hydrogens is 360 g/mol. The monoisotopic (exact) mass is 378 g/mol. The molecule has 27 heavy (non-hydrogen) atoms. The van der Waals surface area contributed by atoms with Crippen LogP contribution in [0, 0.1) is 0 Å². The number of hydrogen-bond donors (Lipinski definition) is 2. The maximum atomic E-state index is 5.76. The minimum atomic E-state index is 0.355. The maximum absolute atomic E-state index is 5.76. The molecule has 0 atom stereocenters. The number of hydrogen-bond acceptors (Lipinski definition) is 7. The van der Waals surface area contributed by atoms with E-state index in [1.54, 1.807) is 7.11 Å². The highest BCUT2D eigenvalue weighted by atomic mass is 32.2. The number of aromatic nitrogens is 4. The van der Waals surface area contributed by atoms with E-state index in [0.717, 1.165) is 28.3 Å². The number of thioether (sulfide) groups is 1. The summed E-state index contributed by atoms with van der Waals surface area (Å²) in [5.41, 5.74) is 14.5. The zero-order valence-corrected chi connectivity index (χ0v) is 15.5. The van der Waals surface area contributed by atoms with Crippen molar-refractivity contribution in [2.45, 2.75) is 10.9 Å². The van der Waals surface area contributed by atoms with Crippen molar-refractivity contribution in [3.05, 3.63) is 60.4 Å². The minimum Gasteiger partial charge on any atom is -0.497 e. The summed E-state index contributed by atoms with van der Waals surface area (Å²) in [6, 6.07) is 17.5. The van der Waals surface area contributed by atoms with E-state index in [2.05, 4.69) is 20.6 Å². The molecule has 0 aliphatic rings. The Balaban J connectivity index is 1.73. The molecule has 4 N–H and O–H groups in total. The van der Waals surface area contributed by atoms with Crippen LogP contribution in [0.4, 0.5) is 11.6 Å². The molecule has 2 aromatic carbocycles. The minimum absolute atomic E-state index is 0.355. The van der Waals surface area contributed by atoms with Crippen LogP contribution in [0.2, 0.25) is 0 Å². The van der Waals surface area contributed by atoms with Crippen LogP contribution >= 0.6 is 11.8 Å². The number of rotatable bonds is 5. The summed E-state index contributed by atoms with van der Waals surface area (Å²) >= 11 is 1.44. The van der Waals surface area contributed by atoms with Crippen LogP contribution in [-0.2, 0) is 5.75 Å². The smallest absolute Gasteiger partial charge is 0.191 e. The fourth-order valence-electron chi connectivity index (χ4n) is 2.85. The fourth-order valence-corrected chi connectivity index (χ4v) is 3.64. The Labute approximate surface area is 160 Å². The number of ether oxygens (including phenoxy) is 1. The van der Waals surface area contributed by atoms with Crippen LogP contribution in [0.3, 0.4) is 0 Å². The first kappa shape index (κ1) is 17.2. The molecule has 7 nitrogen and oxygen atoms in total. The Morgan fingerprint density at radius 3 is 2.37 bits per heavy atom. The van der Waals surface area contributed by atoms with Gasteiger partial charge in [-0.1, -0.05) is 23.9 Å². The lowest BCUT2D eigenvalue weighted by Gasteiger charge is -2.10. The van der Waals surface area contributed by atoms with Crippen molar-refractivity contribution in [2.24, 2.45) is 0 Å². The highest BCUT2D eigenvalue weighted by molar-refractivity contribution is 7.98. The molecule has 0 spiro atoms. The standard InChI is InChI=1S/C19H18N6OS/c1-26-13-8-6-12(7-9-13)25-15-5-3-2-4-14(15)22-18(25)11-27-19-23-16(20)10-17(21)24-19/h2-10H,11H2,1H3,(H4,20,21,23,24). The molecule has 2 aromatic heterocycles. The third-order valence-corrected chi connectivity index (χ3v) is 4.88. The molecule has 0 fully saturated rings. The number of imidazole rings is 1. The second-order valence-electron chi connectivity index (χ2n) is 5.84. The molecule has 0 aliphatic heterocycles. The van der Waals surface area contributed by atoms with Crippen LogP contribution in [0.15, 0.2) is 59.8 Å². The van der Waals surface area contributed by atoms with Gasteiger partial charge in [-0.15, -0.1) is 0 Å². The third kappa shape index (κ3) is 3.52. The van der Waals surface area contributed by atoms with Gasteiger partial charge in [0.25, 0.3) is 0 Å². The van der Waals surface area contributed by atoms with Crippen LogP contribution in [0.1, 0.15) is 5.82 Å². The normalized spacial score (nSPS) is 11.0. The van der Waals surface area contributed by atoms with E-state index in [4.69, 9.17) is 21.2 Å². The van der Waals surface area contributed by atoms with E-state index in [1.165, 1.54) is 17.8 Å². The van der Waals surface area contributed by atoms with Crippen molar-refractivity contribution in [3.63, 3.8) is 0 Å². The van der Waals surface area contributed by atoms with Crippen molar-refractivity contribution in [1.29, 1.82) is 0 Å². The molecule has 0 aliphatic carbocycles. The number of para-hydroxylation sites is 2. The van der Waals surface area contributed by atoms with E-state index in [1.807, 2.05) is 42.5 Å². The van der Waals surface area contributed by atoms with E-state index in [-0.39, 0.29) is 0 Å². The van der Waals surface area contributed by atoms with Crippen LogP contribution in [0.25, 0.3) is 16.7 Å². The summed E-state index contributed by atoms with van der Waals surface area (Å²) in [6.45, 7) is 0. The van der Waals surface area contributed by atoms with Gasteiger partial charge in [0, 0.05) is 11.8 Å². The number of anilines is 2. The van der Waals surface area contributed by atoms with Crippen molar-refractivity contribution in [2.75, 3.05) is 18.6 Å². The second kappa shape index (κ2) is 7.16. The van der Waals surface area contributed by atoms with Crippen LogP contribution in [0.5, 0.6) is 5.75 Å².